The van der Waals surface area contributed by atoms with Gasteiger partial charge in [-0.2, -0.15) is 0 Å². The van der Waals surface area contributed by atoms with Crippen molar-refractivity contribution in [3.8, 4) is 11.5 Å². The number of aryl methyl sites for hydroxylation is 3. The third-order valence-electron chi connectivity index (χ3n) is 6.41. The van der Waals surface area contributed by atoms with E-state index in [1.165, 1.54) is 0 Å². The van der Waals surface area contributed by atoms with E-state index in [0.29, 0.717) is 12.3 Å². The molecule has 0 spiro atoms. The predicted octanol–water partition coefficient (Wildman–Crippen LogP) is 5.81. The molecule has 0 aliphatic carbocycles. The minimum Gasteiger partial charge on any atom is -0.504 e. The van der Waals surface area contributed by atoms with Crippen molar-refractivity contribution in [2.75, 3.05) is 25.1 Å². The fraction of sp³-hybridized carbons (Fsp3) is 0.522. The fourth-order valence-electron chi connectivity index (χ4n) is 4.52. The molecule has 6 heteroatoms. The van der Waals surface area contributed by atoms with Crippen LogP contribution < -0.4 is 10.1 Å². The lowest BCUT2D eigenvalue weighted by atomic mass is 10.1. The van der Waals surface area contributed by atoms with E-state index < -0.39 is 7.14 Å². The molecule has 0 bridgehead atoms. The van der Waals surface area contributed by atoms with Gasteiger partial charge in [0, 0.05) is 23.6 Å². The minimum absolute atomic E-state index is 0.144. The molecule has 29 heavy (non-hydrogen) atoms. The van der Waals surface area contributed by atoms with Crippen molar-refractivity contribution in [3.05, 3.63) is 46.8 Å². The molecule has 2 N–H and O–H groups in total. The number of rotatable bonds is 6. The van der Waals surface area contributed by atoms with E-state index >= 15 is 0 Å². The van der Waals surface area contributed by atoms with Gasteiger partial charge in [-0.15, -0.1) is 0 Å². The molecule has 2 atom stereocenters. The second kappa shape index (κ2) is 8.02. The second-order valence-corrected chi connectivity index (χ2v) is 12.7. The van der Waals surface area contributed by atoms with Gasteiger partial charge < -0.3 is 19.7 Å². The molecule has 1 aliphatic rings. The van der Waals surface area contributed by atoms with E-state index in [1.807, 2.05) is 45.0 Å². The van der Waals surface area contributed by atoms with Crippen LogP contribution in [0.3, 0.4) is 0 Å². The molecule has 2 heterocycles. The van der Waals surface area contributed by atoms with E-state index in [2.05, 4.69) is 24.1 Å². The lowest BCUT2D eigenvalue weighted by Crippen LogP contribution is -2.24. The van der Waals surface area contributed by atoms with Gasteiger partial charge in [-0.1, -0.05) is 19.9 Å². The Bertz CT molecular complexity index is 955. The maximum absolute atomic E-state index is 14.4. The molecular formula is C23H33N2O3P. The Morgan fingerprint density at radius 3 is 2.59 bits per heavy atom. The smallest absolute Gasteiger partial charge is 0.161 e. The summed E-state index contributed by atoms with van der Waals surface area (Å²) in [5.74, 6) is 0.576. The standard InChI is InChI=1S/C23H33N2O3P/c1-15-12-18(13-20(28-6)22(15)26)21(29(27)11-7-10-23(29,4)5)14-24-19-9-8-16(2)25-17(19)3/h8-9,12-13,21,24,26H,7,10-11,14H2,1-6H3. The molecule has 1 aromatic carbocycles. The summed E-state index contributed by atoms with van der Waals surface area (Å²) in [6.45, 7) is 10.6. The molecular weight excluding hydrogens is 383 g/mol. The Morgan fingerprint density at radius 2 is 2.00 bits per heavy atom. The highest BCUT2D eigenvalue weighted by Crippen LogP contribution is 2.73. The Kier molecular flexibility index (Phi) is 6.01. The Hall–Kier alpha value is -2.00. The van der Waals surface area contributed by atoms with Crippen LogP contribution in [0.5, 0.6) is 11.5 Å². The summed E-state index contributed by atoms with van der Waals surface area (Å²) in [5, 5.41) is 13.6. The monoisotopic (exact) mass is 416 g/mol. The molecule has 0 saturated carbocycles. The Balaban J connectivity index is 2.03. The van der Waals surface area contributed by atoms with Gasteiger partial charge in [-0.05, 0) is 62.9 Å². The number of benzene rings is 1. The van der Waals surface area contributed by atoms with Gasteiger partial charge in [-0.3, -0.25) is 4.98 Å². The predicted molar refractivity (Wildman–Crippen MR) is 120 cm³/mol. The molecule has 1 aromatic heterocycles. The van der Waals surface area contributed by atoms with E-state index in [4.69, 9.17) is 4.74 Å². The van der Waals surface area contributed by atoms with E-state index in [9.17, 15) is 9.67 Å². The van der Waals surface area contributed by atoms with E-state index in [1.54, 1.807) is 7.11 Å². The number of pyridine rings is 1. The fourth-order valence-corrected chi connectivity index (χ4v) is 8.47. The van der Waals surface area contributed by atoms with Crippen molar-refractivity contribution in [2.45, 2.75) is 58.3 Å². The molecule has 2 aromatic rings. The van der Waals surface area contributed by atoms with Crippen molar-refractivity contribution in [1.29, 1.82) is 0 Å². The lowest BCUT2D eigenvalue weighted by Gasteiger charge is -2.35. The first kappa shape index (κ1) is 21.7. The average molecular weight is 417 g/mol. The van der Waals surface area contributed by atoms with Crippen LogP contribution >= 0.6 is 7.14 Å². The van der Waals surface area contributed by atoms with Gasteiger partial charge in [0.15, 0.2) is 11.5 Å². The number of methoxy groups -OCH3 is 1. The highest BCUT2D eigenvalue weighted by atomic mass is 31.2. The zero-order chi connectivity index (χ0) is 21.4. The van der Waals surface area contributed by atoms with E-state index in [-0.39, 0.29) is 16.6 Å². The summed E-state index contributed by atoms with van der Waals surface area (Å²) in [5.41, 5.74) is 4.42. The molecule has 1 aliphatic heterocycles. The number of hydrogen-bond donors (Lipinski definition) is 2. The zero-order valence-corrected chi connectivity index (χ0v) is 19.3. The van der Waals surface area contributed by atoms with Crippen LogP contribution in [0.15, 0.2) is 24.3 Å². The third kappa shape index (κ3) is 4.02. The molecule has 0 radical (unpaired) electrons. The number of ether oxygens (including phenoxy) is 1. The summed E-state index contributed by atoms with van der Waals surface area (Å²) in [4.78, 5) is 4.54. The molecule has 1 fully saturated rings. The van der Waals surface area contributed by atoms with Gasteiger partial charge >= 0.3 is 0 Å². The van der Waals surface area contributed by atoms with Crippen molar-refractivity contribution in [2.24, 2.45) is 0 Å². The Morgan fingerprint density at radius 1 is 1.28 bits per heavy atom. The number of phenolic OH excluding ortho intramolecular Hbond substituents is 1. The average Bonchev–Trinajstić information content (AvgIpc) is 2.92. The summed E-state index contributed by atoms with van der Waals surface area (Å²) < 4.78 is 19.8. The van der Waals surface area contributed by atoms with Crippen LogP contribution in [0.1, 0.15) is 54.9 Å². The minimum atomic E-state index is -2.55. The lowest BCUT2D eigenvalue weighted by molar-refractivity contribution is 0.371. The van der Waals surface area contributed by atoms with Gasteiger partial charge in [0.05, 0.1) is 24.2 Å². The van der Waals surface area contributed by atoms with Crippen molar-refractivity contribution < 1.29 is 14.4 Å². The number of hydrogen-bond acceptors (Lipinski definition) is 5. The molecule has 3 rings (SSSR count). The van der Waals surface area contributed by atoms with Gasteiger partial charge in [0.25, 0.3) is 0 Å². The van der Waals surface area contributed by atoms with Crippen LogP contribution in [0, 0.1) is 20.8 Å². The number of aromatic hydroxyl groups is 1. The van der Waals surface area contributed by atoms with Gasteiger partial charge in [0.2, 0.25) is 0 Å². The summed E-state index contributed by atoms with van der Waals surface area (Å²) >= 11 is 0. The molecule has 2 unspecified atom stereocenters. The topological polar surface area (TPSA) is 71.5 Å². The molecule has 1 saturated heterocycles. The highest BCUT2D eigenvalue weighted by Gasteiger charge is 2.50. The first-order valence-corrected chi connectivity index (χ1v) is 12.2. The summed E-state index contributed by atoms with van der Waals surface area (Å²) in [6, 6.07) is 7.83. The number of nitrogens with zero attached hydrogens (tertiary/aromatic N) is 1. The van der Waals surface area contributed by atoms with Crippen LogP contribution in [-0.4, -0.2) is 35.1 Å². The quantitative estimate of drug-likeness (QED) is 0.582. The number of nitrogens with one attached hydrogen (secondary N) is 1. The SMILES string of the molecule is COc1cc(C(CNc2ccc(C)nc2C)P2(=O)CCCC2(C)C)cc(C)c1O. The van der Waals surface area contributed by atoms with Gasteiger partial charge in [-0.25, -0.2) is 0 Å². The van der Waals surface area contributed by atoms with Crippen LogP contribution in [0.2, 0.25) is 0 Å². The normalized spacial score (nSPS) is 21.7. The van der Waals surface area contributed by atoms with E-state index in [0.717, 1.165) is 47.2 Å². The number of phenols is 1. The first-order chi connectivity index (χ1) is 13.6. The number of anilines is 1. The van der Waals surface area contributed by atoms with Crippen LogP contribution in [0.25, 0.3) is 0 Å². The zero-order valence-electron chi connectivity index (χ0n) is 18.4. The maximum atomic E-state index is 14.4. The second-order valence-electron chi connectivity index (χ2n) is 8.81. The van der Waals surface area contributed by atoms with Crippen molar-refractivity contribution in [1.82, 2.24) is 4.98 Å². The van der Waals surface area contributed by atoms with Crippen molar-refractivity contribution >= 4 is 12.8 Å². The van der Waals surface area contributed by atoms with Crippen molar-refractivity contribution in [3.63, 3.8) is 0 Å². The van der Waals surface area contributed by atoms with Crippen LogP contribution in [0.4, 0.5) is 5.69 Å². The van der Waals surface area contributed by atoms with Crippen LogP contribution in [-0.2, 0) is 4.57 Å². The highest BCUT2D eigenvalue weighted by molar-refractivity contribution is 7.66. The molecule has 5 nitrogen and oxygen atoms in total. The van der Waals surface area contributed by atoms with Gasteiger partial charge in [0.1, 0.15) is 7.14 Å². The largest absolute Gasteiger partial charge is 0.504 e. The summed E-state index contributed by atoms with van der Waals surface area (Å²) in [7, 11) is -1.00. The molecule has 0 amide bonds. The number of aromatic nitrogens is 1. The first-order valence-electron chi connectivity index (χ1n) is 10.2. The third-order valence-corrected chi connectivity index (χ3v) is 11.2. The molecule has 158 valence electrons. The maximum Gasteiger partial charge on any atom is 0.161 e. The summed E-state index contributed by atoms with van der Waals surface area (Å²) in [6.07, 6.45) is 2.71. The Labute approximate surface area is 174 Å².